The first-order chi connectivity index (χ1) is 7.94. The van der Waals surface area contributed by atoms with Gasteiger partial charge in [-0.2, -0.15) is 0 Å². The number of amides is 1. The van der Waals surface area contributed by atoms with Crippen LogP contribution in [0, 0.1) is 5.41 Å². The number of likely N-dealkylation sites (N-methyl/N-ethyl adjacent to an activating group) is 1. The molecule has 0 unspecified atom stereocenters. The van der Waals surface area contributed by atoms with Crippen molar-refractivity contribution in [3.8, 4) is 0 Å². The number of piperidine rings is 1. The van der Waals surface area contributed by atoms with Gasteiger partial charge in [0.05, 0.1) is 6.54 Å². The van der Waals surface area contributed by atoms with Crippen molar-refractivity contribution < 1.29 is 4.79 Å². The highest BCUT2D eigenvalue weighted by atomic mass is 35.5. The van der Waals surface area contributed by atoms with E-state index >= 15 is 0 Å². The Hall–Kier alpha value is -0.320. The fraction of sp³-hybridized carbons (Fsp3) is 0.923. The van der Waals surface area contributed by atoms with Crippen LogP contribution >= 0.6 is 12.4 Å². The first-order valence-corrected chi connectivity index (χ1v) is 6.61. The Morgan fingerprint density at radius 1 is 1.28 bits per heavy atom. The summed E-state index contributed by atoms with van der Waals surface area (Å²) >= 11 is 0. The zero-order chi connectivity index (χ0) is 12.9. The van der Waals surface area contributed by atoms with Gasteiger partial charge in [-0.05, 0) is 38.3 Å². The first-order valence-electron chi connectivity index (χ1n) is 6.61. The summed E-state index contributed by atoms with van der Waals surface area (Å²) in [6.45, 7) is 8.17. The van der Waals surface area contributed by atoms with Crippen molar-refractivity contribution in [2.75, 3.05) is 39.8 Å². The van der Waals surface area contributed by atoms with E-state index in [0.717, 1.165) is 32.5 Å². The summed E-state index contributed by atoms with van der Waals surface area (Å²) in [4.78, 5) is 16.1. The second-order valence-corrected chi connectivity index (χ2v) is 5.98. The average molecular weight is 278 g/mol. The minimum Gasteiger partial charge on any atom is -0.342 e. The molecule has 0 saturated carbocycles. The number of halogens is 1. The van der Waals surface area contributed by atoms with Crippen LogP contribution in [-0.4, -0.2) is 55.5 Å². The third kappa shape index (κ3) is 6.03. The predicted molar refractivity (Wildman–Crippen MR) is 78.0 cm³/mol. The Morgan fingerprint density at radius 2 is 1.83 bits per heavy atom. The van der Waals surface area contributed by atoms with Gasteiger partial charge in [0.1, 0.15) is 0 Å². The predicted octanol–water partition coefficient (Wildman–Crippen LogP) is 1.34. The van der Waals surface area contributed by atoms with Gasteiger partial charge in [-0.3, -0.25) is 9.69 Å². The molecule has 1 amide bonds. The van der Waals surface area contributed by atoms with Crippen molar-refractivity contribution >= 4 is 18.3 Å². The lowest BCUT2D eigenvalue weighted by Gasteiger charge is -2.32. The zero-order valence-corrected chi connectivity index (χ0v) is 12.8. The van der Waals surface area contributed by atoms with Crippen LogP contribution in [0.15, 0.2) is 0 Å². The van der Waals surface area contributed by atoms with E-state index in [0.29, 0.717) is 13.1 Å². The van der Waals surface area contributed by atoms with Gasteiger partial charge in [-0.15, -0.1) is 12.4 Å². The quantitative estimate of drug-likeness (QED) is 0.825. The van der Waals surface area contributed by atoms with Crippen LogP contribution in [0.2, 0.25) is 0 Å². The van der Waals surface area contributed by atoms with Crippen LogP contribution < -0.4 is 5.73 Å². The second-order valence-electron chi connectivity index (χ2n) is 5.98. The van der Waals surface area contributed by atoms with E-state index in [4.69, 9.17) is 5.73 Å². The Balaban J connectivity index is 0.00000289. The molecule has 1 saturated heterocycles. The SMILES string of the molecule is CN(CC(=O)N1CCCCC1)CC(C)(C)CN.Cl. The topological polar surface area (TPSA) is 49.6 Å². The minimum absolute atomic E-state index is 0. The normalized spacial score (nSPS) is 16.6. The van der Waals surface area contributed by atoms with Crippen molar-refractivity contribution in [3.05, 3.63) is 0 Å². The molecule has 1 fully saturated rings. The minimum atomic E-state index is 0. The Bertz CT molecular complexity index is 253. The molecule has 1 rings (SSSR count). The van der Waals surface area contributed by atoms with E-state index in [-0.39, 0.29) is 23.7 Å². The highest BCUT2D eigenvalue weighted by molar-refractivity contribution is 5.85. The van der Waals surface area contributed by atoms with Crippen molar-refractivity contribution in [1.29, 1.82) is 0 Å². The first kappa shape index (κ1) is 17.7. The van der Waals surface area contributed by atoms with Crippen LogP contribution in [0.5, 0.6) is 0 Å². The van der Waals surface area contributed by atoms with Crippen molar-refractivity contribution in [3.63, 3.8) is 0 Å². The second kappa shape index (κ2) is 7.97. The largest absolute Gasteiger partial charge is 0.342 e. The molecule has 0 radical (unpaired) electrons. The fourth-order valence-electron chi connectivity index (χ4n) is 2.33. The highest BCUT2D eigenvalue weighted by Crippen LogP contribution is 2.14. The fourth-order valence-corrected chi connectivity index (χ4v) is 2.33. The number of nitrogens with zero attached hydrogens (tertiary/aromatic N) is 2. The van der Waals surface area contributed by atoms with Gasteiger partial charge in [-0.1, -0.05) is 13.8 Å². The van der Waals surface area contributed by atoms with E-state index in [1.165, 1.54) is 6.42 Å². The summed E-state index contributed by atoms with van der Waals surface area (Å²) in [5.74, 6) is 0.264. The molecule has 1 aliphatic heterocycles. The van der Waals surface area contributed by atoms with Gasteiger partial charge >= 0.3 is 0 Å². The van der Waals surface area contributed by atoms with E-state index in [1.54, 1.807) is 0 Å². The Labute approximate surface area is 117 Å². The maximum absolute atomic E-state index is 12.0. The summed E-state index contributed by atoms with van der Waals surface area (Å²) in [5.41, 5.74) is 5.79. The van der Waals surface area contributed by atoms with Crippen molar-refractivity contribution in [2.24, 2.45) is 11.1 Å². The van der Waals surface area contributed by atoms with Gasteiger partial charge < -0.3 is 10.6 Å². The molecule has 0 aromatic carbocycles. The summed E-state index contributed by atoms with van der Waals surface area (Å²) in [6, 6.07) is 0. The molecule has 4 nitrogen and oxygen atoms in total. The molecule has 18 heavy (non-hydrogen) atoms. The number of carbonyl (C=O) groups is 1. The molecule has 108 valence electrons. The van der Waals surface area contributed by atoms with Gasteiger partial charge in [0.2, 0.25) is 5.91 Å². The van der Waals surface area contributed by atoms with E-state index in [2.05, 4.69) is 18.7 Å². The number of hydrogen-bond donors (Lipinski definition) is 1. The molecule has 0 spiro atoms. The Kier molecular flexibility index (Phi) is 7.83. The highest BCUT2D eigenvalue weighted by Gasteiger charge is 2.22. The lowest BCUT2D eigenvalue weighted by Crippen LogP contribution is -2.44. The standard InChI is InChI=1S/C13H27N3O.ClH/c1-13(2,10-14)11-15(3)9-12(17)16-7-5-4-6-8-16;/h4-11,14H2,1-3H3;1H. The molecule has 5 heteroatoms. The summed E-state index contributed by atoms with van der Waals surface area (Å²) in [6.07, 6.45) is 3.58. The van der Waals surface area contributed by atoms with Crippen molar-refractivity contribution in [2.45, 2.75) is 33.1 Å². The maximum Gasteiger partial charge on any atom is 0.236 e. The lowest BCUT2D eigenvalue weighted by molar-refractivity contribution is -0.133. The van der Waals surface area contributed by atoms with Gasteiger partial charge in [-0.25, -0.2) is 0 Å². The molecule has 2 N–H and O–H groups in total. The number of likely N-dealkylation sites (tertiary alicyclic amines) is 1. The van der Waals surface area contributed by atoms with E-state index in [9.17, 15) is 4.79 Å². The number of rotatable bonds is 5. The zero-order valence-electron chi connectivity index (χ0n) is 11.9. The summed E-state index contributed by atoms with van der Waals surface area (Å²) in [5, 5.41) is 0. The van der Waals surface area contributed by atoms with E-state index < -0.39 is 0 Å². The molecule has 0 aromatic rings. The molecule has 0 bridgehead atoms. The lowest BCUT2D eigenvalue weighted by atomic mass is 9.93. The van der Waals surface area contributed by atoms with Crippen LogP contribution in [0.1, 0.15) is 33.1 Å². The van der Waals surface area contributed by atoms with Crippen LogP contribution in [0.4, 0.5) is 0 Å². The maximum atomic E-state index is 12.0. The summed E-state index contributed by atoms with van der Waals surface area (Å²) < 4.78 is 0. The third-order valence-electron chi connectivity index (χ3n) is 3.36. The summed E-state index contributed by atoms with van der Waals surface area (Å²) in [7, 11) is 2.00. The van der Waals surface area contributed by atoms with Crippen molar-refractivity contribution in [1.82, 2.24) is 9.80 Å². The van der Waals surface area contributed by atoms with Crippen LogP contribution in [0.25, 0.3) is 0 Å². The number of carbonyl (C=O) groups excluding carboxylic acids is 1. The van der Waals surface area contributed by atoms with Gasteiger partial charge in [0.15, 0.2) is 0 Å². The van der Waals surface area contributed by atoms with Gasteiger partial charge in [0, 0.05) is 19.6 Å². The smallest absolute Gasteiger partial charge is 0.236 e. The molecule has 1 heterocycles. The molecule has 0 atom stereocenters. The molecular formula is C13H28ClN3O. The molecule has 0 aliphatic carbocycles. The van der Waals surface area contributed by atoms with E-state index in [1.807, 2.05) is 11.9 Å². The van der Waals surface area contributed by atoms with Crippen LogP contribution in [0.3, 0.4) is 0 Å². The molecule has 0 aromatic heterocycles. The Morgan fingerprint density at radius 3 is 2.33 bits per heavy atom. The monoisotopic (exact) mass is 277 g/mol. The molecule has 1 aliphatic rings. The average Bonchev–Trinajstić information content (AvgIpc) is 2.29. The number of hydrogen-bond acceptors (Lipinski definition) is 3. The number of nitrogens with two attached hydrogens (primary N) is 1. The molecular weight excluding hydrogens is 250 g/mol. The van der Waals surface area contributed by atoms with Gasteiger partial charge in [0.25, 0.3) is 0 Å². The van der Waals surface area contributed by atoms with Crippen LogP contribution in [-0.2, 0) is 4.79 Å². The third-order valence-corrected chi connectivity index (χ3v) is 3.36.